The normalized spacial score (nSPS) is 10.4. The van der Waals surface area contributed by atoms with Gasteiger partial charge in [-0.25, -0.2) is 0 Å². The van der Waals surface area contributed by atoms with Crippen LogP contribution >= 0.6 is 11.3 Å². The zero-order chi connectivity index (χ0) is 11.7. The van der Waals surface area contributed by atoms with E-state index in [0.29, 0.717) is 11.8 Å². The van der Waals surface area contributed by atoms with Gasteiger partial charge in [0.2, 0.25) is 11.9 Å². The summed E-state index contributed by atoms with van der Waals surface area (Å²) >= 11 is 1.66. The van der Waals surface area contributed by atoms with Crippen LogP contribution in [0.3, 0.4) is 0 Å². The van der Waals surface area contributed by atoms with E-state index in [4.69, 9.17) is 5.73 Å². The van der Waals surface area contributed by atoms with Crippen LogP contribution in [0, 0.1) is 6.92 Å². The second kappa shape index (κ2) is 4.05. The summed E-state index contributed by atoms with van der Waals surface area (Å²) in [5.41, 5.74) is 6.68. The number of anilines is 2. The SMILES string of the molecule is Cc1sccc1-c1nc(N)nc(N(C)C)n1. The molecule has 0 spiro atoms. The number of hydrogen-bond donors (Lipinski definition) is 1. The number of nitrogens with zero attached hydrogens (tertiary/aromatic N) is 4. The van der Waals surface area contributed by atoms with Crippen molar-refractivity contribution in [3.05, 3.63) is 16.3 Å². The summed E-state index contributed by atoms with van der Waals surface area (Å²) in [6.45, 7) is 2.04. The Hall–Kier alpha value is -1.69. The van der Waals surface area contributed by atoms with Gasteiger partial charge in [0, 0.05) is 24.5 Å². The van der Waals surface area contributed by atoms with E-state index in [2.05, 4.69) is 15.0 Å². The van der Waals surface area contributed by atoms with Crippen molar-refractivity contribution < 1.29 is 0 Å². The number of aromatic nitrogens is 3. The molecular formula is C10H13N5S. The summed E-state index contributed by atoms with van der Waals surface area (Å²) in [5.74, 6) is 1.46. The molecule has 2 aromatic heterocycles. The van der Waals surface area contributed by atoms with E-state index in [1.807, 2.05) is 37.4 Å². The molecule has 0 aliphatic carbocycles. The molecule has 16 heavy (non-hydrogen) atoms. The lowest BCUT2D eigenvalue weighted by molar-refractivity contribution is 0.970. The summed E-state index contributed by atoms with van der Waals surface area (Å²) in [6.07, 6.45) is 0. The molecule has 0 saturated heterocycles. The minimum Gasteiger partial charge on any atom is -0.368 e. The highest BCUT2D eigenvalue weighted by Gasteiger charge is 2.10. The first-order valence-electron chi connectivity index (χ1n) is 4.81. The Balaban J connectivity index is 2.54. The van der Waals surface area contributed by atoms with E-state index >= 15 is 0 Å². The number of hydrogen-bond acceptors (Lipinski definition) is 6. The second-order valence-corrected chi connectivity index (χ2v) is 4.72. The molecule has 0 unspecified atom stereocenters. The molecule has 84 valence electrons. The molecule has 0 aromatic carbocycles. The van der Waals surface area contributed by atoms with Crippen LogP contribution in [0.2, 0.25) is 0 Å². The minimum absolute atomic E-state index is 0.249. The molecule has 0 bridgehead atoms. The van der Waals surface area contributed by atoms with Gasteiger partial charge in [-0.2, -0.15) is 15.0 Å². The second-order valence-electron chi connectivity index (χ2n) is 3.60. The average molecular weight is 235 g/mol. The van der Waals surface area contributed by atoms with Gasteiger partial charge in [0.05, 0.1) is 0 Å². The quantitative estimate of drug-likeness (QED) is 0.855. The average Bonchev–Trinajstić information content (AvgIpc) is 2.63. The van der Waals surface area contributed by atoms with Crippen molar-refractivity contribution in [1.82, 2.24) is 15.0 Å². The predicted molar refractivity (Wildman–Crippen MR) is 66.6 cm³/mol. The van der Waals surface area contributed by atoms with Gasteiger partial charge in [-0.1, -0.05) is 0 Å². The topological polar surface area (TPSA) is 67.9 Å². The summed E-state index contributed by atoms with van der Waals surface area (Å²) in [6, 6.07) is 1.99. The first kappa shape index (κ1) is 10.8. The maximum Gasteiger partial charge on any atom is 0.230 e. The van der Waals surface area contributed by atoms with E-state index in [1.165, 1.54) is 4.88 Å². The molecule has 2 rings (SSSR count). The molecule has 0 fully saturated rings. The Labute approximate surface area is 98.0 Å². The van der Waals surface area contributed by atoms with Crippen LogP contribution in [0.4, 0.5) is 11.9 Å². The van der Waals surface area contributed by atoms with Crippen molar-refractivity contribution >= 4 is 23.2 Å². The highest BCUT2D eigenvalue weighted by molar-refractivity contribution is 7.10. The van der Waals surface area contributed by atoms with Crippen molar-refractivity contribution in [3.8, 4) is 11.4 Å². The van der Waals surface area contributed by atoms with Crippen LogP contribution in [0.25, 0.3) is 11.4 Å². The fourth-order valence-corrected chi connectivity index (χ4v) is 2.01. The van der Waals surface area contributed by atoms with Crippen LogP contribution in [0.5, 0.6) is 0 Å². The standard InChI is InChI=1S/C10H13N5S/c1-6-7(4-5-16-6)8-12-9(11)14-10(13-8)15(2)3/h4-5H,1-3H3,(H2,11,12,13,14). The lowest BCUT2D eigenvalue weighted by atomic mass is 10.2. The van der Waals surface area contributed by atoms with Gasteiger partial charge in [0.25, 0.3) is 0 Å². The molecule has 0 radical (unpaired) electrons. The fraction of sp³-hybridized carbons (Fsp3) is 0.300. The van der Waals surface area contributed by atoms with Crippen molar-refractivity contribution in [3.63, 3.8) is 0 Å². The molecular weight excluding hydrogens is 222 g/mol. The Morgan fingerprint density at radius 3 is 2.56 bits per heavy atom. The molecule has 0 atom stereocenters. The molecule has 0 amide bonds. The van der Waals surface area contributed by atoms with E-state index in [-0.39, 0.29) is 5.95 Å². The third-order valence-corrected chi connectivity index (χ3v) is 2.99. The van der Waals surface area contributed by atoms with Crippen LogP contribution in [0.1, 0.15) is 4.88 Å². The van der Waals surface area contributed by atoms with Crippen LogP contribution in [-0.2, 0) is 0 Å². The maximum absolute atomic E-state index is 5.67. The van der Waals surface area contributed by atoms with Gasteiger partial charge < -0.3 is 10.6 Å². The van der Waals surface area contributed by atoms with Crippen molar-refractivity contribution in [1.29, 1.82) is 0 Å². The number of rotatable bonds is 2. The molecule has 0 aliphatic rings. The lowest BCUT2D eigenvalue weighted by Crippen LogP contribution is -2.15. The van der Waals surface area contributed by atoms with E-state index in [9.17, 15) is 0 Å². The van der Waals surface area contributed by atoms with Crippen LogP contribution in [-0.4, -0.2) is 29.0 Å². The lowest BCUT2D eigenvalue weighted by Gasteiger charge is -2.11. The molecule has 0 saturated carbocycles. The molecule has 2 aromatic rings. The first-order valence-corrected chi connectivity index (χ1v) is 5.69. The van der Waals surface area contributed by atoms with E-state index < -0.39 is 0 Å². The third kappa shape index (κ3) is 1.96. The minimum atomic E-state index is 0.249. The molecule has 2 N–H and O–H groups in total. The highest BCUT2D eigenvalue weighted by Crippen LogP contribution is 2.25. The Bertz CT molecular complexity index is 506. The zero-order valence-corrected chi connectivity index (χ0v) is 10.2. The largest absolute Gasteiger partial charge is 0.368 e. The van der Waals surface area contributed by atoms with Gasteiger partial charge in [0.15, 0.2) is 5.82 Å². The monoisotopic (exact) mass is 235 g/mol. The molecule has 0 aliphatic heterocycles. The Morgan fingerprint density at radius 2 is 2.00 bits per heavy atom. The van der Waals surface area contributed by atoms with Gasteiger partial charge in [-0.05, 0) is 18.4 Å². The summed E-state index contributed by atoms with van der Waals surface area (Å²) in [7, 11) is 3.75. The molecule has 6 heteroatoms. The van der Waals surface area contributed by atoms with Crippen LogP contribution in [0.15, 0.2) is 11.4 Å². The number of nitrogens with two attached hydrogens (primary N) is 1. The van der Waals surface area contributed by atoms with Gasteiger partial charge >= 0.3 is 0 Å². The Morgan fingerprint density at radius 1 is 1.25 bits per heavy atom. The van der Waals surface area contributed by atoms with Crippen molar-refractivity contribution in [2.45, 2.75) is 6.92 Å². The van der Waals surface area contributed by atoms with Gasteiger partial charge in [-0.15, -0.1) is 11.3 Å². The third-order valence-electron chi connectivity index (χ3n) is 2.14. The maximum atomic E-state index is 5.67. The summed E-state index contributed by atoms with van der Waals surface area (Å²) < 4.78 is 0. The number of aryl methyl sites for hydroxylation is 1. The highest BCUT2D eigenvalue weighted by atomic mass is 32.1. The number of thiophene rings is 1. The summed E-state index contributed by atoms with van der Waals surface area (Å²) in [4.78, 5) is 15.6. The zero-order valence-electron chi connectivity index (χ0n) is 9.43. The van der Waals surface area contributed by atoms with E-state index in [1.54, 1.807) is 11.3 Å². The summed E-state index contributed by atoms with van der Waals surface area (Å²) in [5, 5.41) is 2.01. The number of nitrogen functional groups attached to an aromatic ring is 1. The van der Waals surface area contributed by atoms with Crippen molar-refractivity contribution in [2.75, 3.05) is 24.7 Å². The first-order chi connectivity index (χ1) is 7.58. The molecule has 2 heterocycles. The van der Waals surface area contributed by atoms with Crippen molar-refractivity contribution in [2.24, 2.45) is 0 Å². The van der Waals surface area contributed by atoms with Crippen LogP contribution < -0.4 is 10.6 Å². The van der Waals surface area contributed by atoms with Gasteiger partial charge in [0.1, 0.15) is 0 Å². The van der Waals surface area contributed by atoms with Gasteiger partial charge in [-0.3, -0.25) is 0 Å². The Kier molecular flexibility index (Phi) is 2.74. The predicted octanol–water partition coefficient (Wildman–Crippen LogP) is 1.56. The smallest absolute Gasteiger partial charge is 0.230 e. The molecule has 5 nitrogen and oxygen atoms in total. The van der Waals surface area contributed by atoms with E-state index in [0.717, 1.165) is 5.56 Å². The fourth-order valence-electron chi connectivity index (χ4n) is 1.32.